The number of halogens is 3. The van der Waals surface area contributed by atoms with Crippen LogP contribution in [-0.2, 0) is 17.5 Å². The van der Waals surface area contributed by atoms with E-state index in [4.69, 9.17) is 10.5 Å². The van der Waals surface area contributed by atoms with E-state index in [1.165, 1.54) is 19.2 Å². The van der Waals surface area contributed by atoms with Crippen LogP contribution in [0.3, 0.4) is 0 Å². The Morgan fingerprint density at radius 2 is 2.11 bits per heavy atom. The summed E-state index contributed by atoms with van der Waals surface area (Å²) in [5.41, 5.74) is 4.18. The summed E-state index contributed by atoms with van der Waals surface area (Å²) in [5, 5.41) is 2.29. The SMILES string of the molecule is COc1ccc(CNC(=O)CN)c(C(F)(F)F)c1. The van der Waals surface area contributed by atoms with E-state index in [1.54, 1.807) is 0 Å². The maximum Gasteiger partial charge on any atom is 0.416 e. The number of carbonyl (C=O) groups excluding carboxylic acids is 1. The highest BCUT2D eigenvalue weighted by Crippen LogP contribution is 2.34. The number of rotatable bonds is 4. The molecule has 100 valence electrons. The molecule has 0 atom stereocenters. The van der Waals surface area contributed by atoms with E-state index in [0.717, 1.165) is 6.07 Å². The zero-order chi connectivity index (χ0) is 13.8. The maximum absolute atomic E-state index is 12.8. The van der Waals surface area contributed by atoms with Crippen molar-refractivity contribution in [2.45, 2.75) is 12.7 Å². The molecule has 0 aliphatic heterocycles. The van der Waals surface area contributed by atoms with Crippen molar-refractivity contribution in [3.05, 3.63) is 29.3 Å². The number of carbonyl (C=O) groups is 1. The van der Waals surface area contributed by atoms with Crippen molar-refractivity contribution in [1.29, 1.82) is 0 Å². The lowest BCUT2D eigenvalue weighted by Gasteiger charge is -2.14. The van der Waals surface area contributed by atoms with Crippen LogP contribution in [0.5, 0.6) is 5.75 Å². The van der Waals surface area contributed by atoms with Gasteiger partial charge in [-0.15, -0.1) is 0 Å². The van der Waals surface area contributed by atoms with Gasteiger partial charge in [0.15, 0.2) is 0 Å². The quantitative estimate of drug-likeness (QED) is 0.859. The van der Waals surface area contributed by atoms with Gasteiger partial charge in [0, 0.05) is 6.54 Å². The van der Waals surface area contributed by atoms with Crippen molar-refractivity contribution in [3.8, 4) is 5.75 Å². The average molecular weight is 262 g/mol. The normalized spacial score (nSPS) is 11.2. The summed E-state index contributed by atoms with van der Waals surface area (Å²) in [6.45, 7) is -0.494. The minimum absolute atomic E-state index is 0.0369. The fourth-order valence-electron chi connectivity index (χ4n) is 1.37. The molecule has 0 spiro atoms. The molecule has 4 nitrogen and oxygen atoms in total. The molecule has 1 aromatic carbocycles. The molecule has 0 saturated heterocycles. The van der Waals surface area contributed by atoms with Crippen LogP contribution in [0, 0.1) is 0 Å². The Bertz CT molecular complexity index is 433. The number of alkyl halides is 3. The monoisotopic (exact) mass is 262 g/mol. The third-order valence-corrected chi connectivity index (χ3v) is 2.28. The summed E-state index contributed by atoms with van der Waals surface area (Å²) < 4.78 is 43.1. The number of benzene rings is 1. The van der Waals surface area contributed by atoms with Gasteiger partial charge in [-0.25, -0.2) is 0 Å². The Balaban J connectivity index is 2.99. The van der Waals surface area contributed by atoms with E-state index in [0.29, 0.717) is 0 Å². The fraction of sp³-hybridized carbons (Fsp3) is 0.364. The number of ether oxygens (including phenoxy) is 1. The molecule has 0 heterocycles. The van der Waals surface area contributed by atoms with Crippen LogP contribution < -0.4 is 15.8 Å². The molecule has 7 heteroatoms. The van der Waals surface area contributed by atoms with Crippen LogP contribution in [0.15, 0.2) is 18.2 Å². The van der Waals surface area contributed by atoms with E-state index < -0.39 is 17.6 Å². The molecule has 3 N–H and O–H groups in total. The Kier molecular flexibility index (Phi) is 4.55. The second kappa shape index (κ2) is 5.72. The Morgan fingerprint density at radius 1 is 1.44 bits per heavy atom. The summed E-state index contributed by atoms with van der Waals surface area (Å²) in [5.74, 6) is -0.407. The maximum atomic E-state index is 12.8. The van der Waals surface area contributed by atoms with Gasteiger partial charge in [-0.05, 0) is 17.7 Å². The van der Waals surface area contributed by atoms with Crippen LogP contribution in [0.4, 0.5) is 13.2 Å². The topological polar surface area (TPSA) is 64.3 Å². The highest BCUT2D eigenvalue weighted by atomic mass is 19.4. The van der Waals surface area contributed by atoms with E-state index >= 15 is 0 Å². The molecule has 0 radical (unpaired) electrons. The first-order valence-corrected chi connectivity index (χ1v) is 5.09. The lowest BCUT2D eigenvalue weighted by Crippen LogP contribution is -2.30. The number of nitrogens with one attached hydrogen (secondary N) is 1. The second-order valence-electron chi connectivity index (χ2n) is 3.50. The van der Waals surface area contributed by atoms with Gasteiger partial charge < -0.3 is 15.8 Å². The zero-order valence-corrected chi connectivity index (χ0v) is 9.67. The van der Waals surface area contributed by atoms with Crippen molar-refractivity contribution in [1.82, 2.24) is 5.32 Å². The number of nitrogens with two attached hydrogens (primary N) is 1. The molecule has 0 aliphatic carbocycles. The van der Waals surface area contributed by atoms with Crippen LogP contribution >= 0.6 is 0 Å². The summed E-state index contributed by atoms with van der Waals surface area (Å²) in [6, 6.07) is 3.56. The Hall–Kier alpha value is -1.76. The number of methoxy groups -OCH3 is 1. The molecular weight excluding hydrogens is 249 g/mol. The van der Waals surface area contributed by atoms with Gasteiger partial charge in [0.25, 0.3) is 0 Å². The largest absolute Gasteiger partial charge is 0.497 e. The smallest absolute Gasteiger partial charge is 0.416 e. The molecule has 1 amide bonds. The molecule has 0 fully saturated rings. The first-order valence-electron chi connectivity index (χ1n) is 5.09. The molecular formula is C11H13F3N2O2. The Morgan fingerprint density at radius 3 is 2.61 bits per heavy atom. The predicted octanol–water partition coefficient (Wildman–Crippen LogP) is 1.29. The van der Waals surface area contributed by atoms with Gasteiger partial charge in [0.05, 0.1) is 19.2 Å². The van der Waals surface area contributed by atoms with Crippen LogP contribution in [0.2, 0.25) is 0 Å². The average Bonchev–Trinajstić information content (AvgIpc) is 2.34. The van der Waals surface area contributed by atoms with Crippen LogP contribution in [0.25, 0.3) is 0 Å². The van der Waals surface area contributed by atoms with Gasteiger partial charge >= 0.3 is 6.18 Å². The lowest BCUT2D eigenvalue weighted by molar-refractivity contribution is -0.138. The van der Waals surface area contributed by atoms with Crippen molar-refractivity contribution >= 4 is 5.91 Å². The molecule has 0 aliphatic rings. The van der Waals surface area contributed by atoms with Gasteiger partial charge in [-0.3, -0.25) is 4.79 Å². The third kappa shape index (κ3) is 3.63. The van der Waals surface area contributed by atoms with E-state index in [9.17, 15) is 18.0 Å². The first-order chi connectivity index (χ1) is 8.38. The highest BCUT2D eigenvalue weighted by molar-refractivity contribution is 5.77. The summed E-state index contributed by atoms with van der Waals surface area (Å²) in [6.07, 6.45) is -4.50. The molecule has 0 saturated carbocycles. The van der Waals surface area contributed by atoms with Crippen LogP contribution in [0.1, 0.15) is 11.1 Å². The van der Waals surface area contributed by atoms with Crippen molar-refractivity contribution < 1.29 is 22.7 Å². The molecule has 1 aromatic rings. The molecule has 0 aromatic heterocycles. The summed E-state index contributed by atoms with van der Waals surface area (Å²) >= 11 is 0. The van der Waals surface area contributed by atoms with E-state index in [1.807, 2.05) is 0 Å². The first kappa shape index (κ1) is 14.3. The third-order valence-electron chi connectivity index (χ3n) is 2.28. The number of hydrogen-bond donors (Lipinski definition) is 2. The lowest BCUT2D eigenvalue weighted by atomic mass is 10.1. The second-order valence-corrected chi connectivity index (χ2v) is 3.50. The van der Waals surface area contributed by atoms with Crippen LogP contribution in [-0.4, -0.2) is 19.6 Å². The standard InChI is InChI=1S/C11H13F3N2O2/c1-18-8-3-2-7(6-16-10(17)5-15)9(4-8)11(12,13)14/h2-4H,5-6,15H2,1H3,(H,16,17). The highest BCUT2D eigenvalue weighted by Gasteiger charge is 2.33. The predicted molar refractivity (Wildman–Crippen MR) is 58.9 cm³/mol. The molecule has 0 bridgehead atoms. The van der Waals surface area contributed by atoms with E-state index in [2.05, 4.69) is 5.32 Å². The number of hydrogen-bond acceptors (Lipinski definition) is 3. The van der Waals surface area contributed by atoms with Crippen molar-refractivity contribution in [3.63, 3.8) is 0 Å². The number of amides is 1. The van der Waals surface area contributed by atoms with Gasteiger partial charge in [0.1, 0.15) is 5.75 Å². The summed E-state index contributed by atoms with van der Waals surface area (Å²) in [7, 11) is 1.28. The minimum atomic E-state index is -4.50. The summed E-state index contributed by atoms with van der Waals surface area (Å²) in [4.78, 5) is 10.9. The Labute approximate surface area is 102 Å². The molecule has 0 unspecified atom stereocenters. The van der Waals surface area contributed by atoms with Gasteiger partial charge in [-0.2, -0.15) is 13.2 Å². The molecule has 18 heavy (non-hydrogen) atoms. The minimum Gasteiger partial charge on any atom is -0.497 e. The van der Waals surface area contributed by atoms with Gasteiger partial charge in [0.2, 0.25) is 5.91 Å². The van der Waals surface area contributed by atoms with Crippen molar-refractivity contribution in [2.24, 2.45) is 5.73 Å². The molecule has 1 rings (SSSR count). The zero-order valence-electron chi connectivity index (χ0n) is 9.67. The fourth-order valence-corrected chi connectivity index (χ4v) is 1.37. The van der Waals surface area contributed by atoms with Crippen molar-refractivity contribution in [2.75, 3.05) is 13.7 Å². The van der Waals surface area contributed by atoms with Gasteiger partial charge in [-0.1, -0.05) is 6.07 Å². The van der Waals surface area contributed by atoms with E-state index in [-0.39, 0.29) is 24.4 Å².